The summed E-state index contributed by atoms with van der Waals surface area (Å²) in [5.41, 5.74) is -0.0331. The summed E-state index contributed by atoms with van der Waals surface area (Å²) in [5, 5.41) is 12.3. The van der Waals surface area contributed by atoms with Crippen LogP contribution >= 0.6 is 0 Å². The van der Waals surface area contributed by atoms with Crippen molar-refractivity contribution in [1.29, 1.82) is 5.26 Å². The Labute approximate surface area is 157 Å². The van der Waals surface area contributed by atoms with Crippen molar-refractivity contribution in [2.75, 3.05) is 11.9 Å². The van der Waals surface area contributed by atoms with Crippen molar-refractivity contribution in [3.63, 3.8) is 0 Å². The predicted molar refractivity (Wildman–Crippen MR) is 104 cm³/mol. The fourth-order valence-corrected chi connectivity index (χ4v) is 2.46. The molecule has 0 aliphatic heterocycles. The van der Waals surface area contributed by atoms with Crippen molar-refractivity contribution in [2.24, 2.45) is 0 Å². The second kappa shape index (κ2) is 10.8. The van der Waals surface area contributed by atoms with E-state index in [2.05, 4.69) is 18.3 Å². The zero-order valence-corrected chi connectivity index (χ0v) is 16.7. The van der Waals surface area contributed by atoms with Crippen LogP contribution in [0.1, 0.15) is 72.3 Å². The molecule has 0 heterocycles. The van der Waals surface area contributed by atoms with Crippen LogP contribution in [0.5, 0.6) is 5.75 Å². The number of rotatable bonds is 11. The van der Waals surface area contributed by atoms with Gasteiger partial charge in [0.25, 0.3) is 5.91 Å². The summed E-state index contributed by atoms with van der Waals surface area (Å²) < 4.78 is 11.6. The number of nitriles is 1. The molecule has 0 aromatic heterocycles. The molecular formula is C21H32N2O3. The summed E-state index contributed by atoms with van der Waals surface area (Å²) in [5.74, 6) is 0.413. The van der Waals surface area contributed by atoms with E-state index in [4.69, 9.17) is 9.47 Å². The number of anilines is 1. The Morgan fingerprint density at radius 1 is 1.31 bits per heavy atom. The number of hydrogen-bond acceptors (Lipinski definition) is 4. The fourth-order valence-electron chi connectivity index (χ4n) is 2.46. The number of carbonyl (C=O) groups excluding carboxylic acids is 1. The number of nitrogens with zero attached hydrogens (tertiary/aromatic N) is 1. The number of benzene rings is 1. The van der Waals surface area contributed by atoms with E-state index in [9.17, 15) is 10.1 Å². The van der Waals surface area contributed by atoms with Gasteiger partial charge >= 0.3 is 0 Å². The smallest absolute Gasteiger partial charge is 0.256 e. The highest BCUT2D eigenvalue weighted by Crippen LogP contribution is 2.26. The predicted octanol–water partition coefficient (Wildman–Crippen LogP) is 5.05. The first-order valence-electron chi connectivity index (χ1n) is 9.56. The van der Waals surface area contributed by atoms with Gasteiger partial charge in [0.05, 0.1) is 17.4 Å². The van der Waals surface area contributed by atoms with Gasteiger partial charge in [0.1, 0.15) is 17.4 Å². The molecule has 0 aliphatic rings. The first-order valence-corrected chi connectivity index (χ1v) is 9.56. The lowest BCUT2D eigenvalue weighted by molar-refractivity contribution is -0.140. The summed E-state index contributed by atoms with van der Waals surface area (Å²) in [6.45, 7) is 10.5. The van der Waals surface area contributed by atoms with E-state index >= 15 is 0 Å². The van der Waals surface area contributed by atoms with Crippen LogP contribution in [0.2, 0.25) is 0 Å². The molecule has 1 aromatic carbocycles. The molecule has 1 aromatic rings. The summed E-state index contributed by atoms with van der Waals surface area (Å²) >= 11 is 0. The van der Waals surface area contributed by atoms with Gasteiger partial charge in [-0.1, -0.05) is 33.6 Å². The van der Waals surface area contributed by atoms with Gasteiger partial charge in [0.2, 0.25) is 0 Å². The highest BCUT2D eigenvalue weighted by Gasteiger charge is 2.33. The van der Waals surface area contributed by atoms with Crippen LogP contribution in [0.15, 0.2) is 18.2 Å². The maximum atomic E-state index is 12.8. The van der Waals surface area contributed by atoms with Crippen LogP contribution in [-0.4, -0.2) is 24.2 Å². The third-order valence-corrected chi connectivity index (χ3v) is 4.38. The molecule has 0 bridgehead atoms. The topological polar surface area (TPSA) is 71.3 Å². The molecule has 0 fully saturated rings. The molecule has 0 saturated heterocycles. The Morgan fingerprint density at radius 2 is 2.04 bits per heavy atom. The molecular weight excluding hydrogens is 328 g/mol. The Kier molecular flexibility index (Phi) is 9.15. The number of hydrogen-bond donors (Lipinski definition) is 1. The van der Waals surface area contributed by atoms with Gasteiger partial charge in [0.15, 0.2) is 0 Å². The van der Waals surface area contributed by atoms with Crippen molar-refractivity contribution in [2.45, 2.75) is 78.4 Å². The minimum Gasteiger partial charge on any atom is -0.491 e. The molecule has 5 heteroatoms. The van der Waals surface area contributed by atoms with E-state index in [1.54, 1.807) is 18.2 Å². The van der Waals surface area contributed by atoms with E-state index in [0.717, 1.165) is 25.7 Å². The molecule has 1 rings (SSSR count). The van der Waals surface area contributed by atoms with E-state index in [-0.39, 0.29) is 12.0 Å². The molecule has 2 atom stereocenters. The fraction of sp³-hybridized carbons (Fsp3) is 0.619. The molecule has 1 N–H and O–H groups in total. The number of carbonyl (C=O) groups is 1. The largest absolute Gasteiger partial charge is 0.491 e. The average Bonchev–Trinajstić information content (AvgIpc) is 2.65. The second-order valence-electron chi connectivity index (χ2n) is 6.79. The Hall–Kier alpha value is -2.06. The summed E-state index contributed by atoms with van der Waals surface area (Å²) in [6.07, 6.45) is 4.34. The minimum atomic E-state index is -0.898. The van der Waals surface area contributed by atoms with Crippen LogP contribution in [0.4, 0.5) is 5.69 Å². The van der Waals surface area contributed by atoms with Gasteiger partial charge in [-0.25, -0.2) is 0 Å². The number of amides is 1. The lowest BCUT2D eigenvalue weighted by Crippen LogP contribution is -2.43. The molecule has 0 aliphatic carbocycles. The Balaban J connectivity index is 2.96. The number of ether oxygens (including phenoxy) is 2. The lowest BCUT2D eigenvalue weighted by atomic mass is 9.97. The molecule has 144 valence electrons. The first-order chi connectivity index (χ1) is 12.4. The van der Waals surface area contributed by atoms with Gasteiger partial charge in [-0.2, -0.15) is 5.26 Å². The molecule has 5 nitrogen and oxygen atoms in total. The molecule has 0 radical (unpaired) electrons. The van der Waals surface area contributed by atoms with Crippen molar-refractivity contribution in [3.8, 4) is 11.8 Å². The van der Waals surface area contributed by atoms with Crippen molar-refractivity contribution in [1.82, 2.24) is 0 Å². The summed E-state index contributed by atoms with van der Waals surface area (Å²) in [6, 6.07) is 7.29. The normalized spacial score (nSPS) is 14.2. The standard InChI is InChI=1S/C21H32N2O3/c1-6-9-12-21(5,25-13-7-2)20(24)23-19-11-10-18(14-17(19)15-22)26-16(4)8-3/h10-11,14,16H,6-9,12-13H2,1-5H3,(H,23,24)/t16-,21+/m1/s1. The van der Waals surface area contributed by atoms with Gasteiger partial charge in [0, 0.05) is 12.7 Å². The van der Waals surface area contributed by atoms with Crippen molar-refractivity contribution < 1.29 is 14.3 Å². The van der Waals surface area contributed by atoms with Crippen LogP contribution in [-0.2, 0) is 9.53 Å². The SMILES string of the molecule is CCCC[C@](C)(OCCC)C(=O)Nc1ccc(O[C@H](C)CC)cc1C#N. The van der Waals surface area contributed by atoms with Gasteiger partial charge in [-0.3, -0.25) is 4.79 Å². The van der Waals surface area contributed by atoms with E-state index in [1.165, 1.54) is 0 Å². The van der Waals surface area contributed by atoms with Crippen LogP contribution in [0.3, 0.4) is 0 Å². The zero-order valence-electron chi connectivity index (χ0n) is 16.7. The van der Waals surface area contributed by atoms with Crippen molar-refractivity contribution in [3.05, 3.63) is 23.8 Å². The van der Waals surface area contributed by atoms with Gasteiger partial charge in [-0.15, -0.1) is 0 Å². The zero-order chi connectivity index (χ0) is 19.6. The van der Waals surface area contributed by atoms with E-state index < -0.39 is 5.60 Å². The molecule has 0 spiro atoms. The summed E-state index contributed by atoms with van der Waals surface area (Å²) in [7, 11) is 0. The van der Waals surface area contributed by atoms with Crippen LogP contribution < -0.4 is 10.1 Å². The monoisotopic (exact) mass is 360 g/mol. The Morgan fingerprint density at radius 3 is 2.62 bits per heavy atom. The summed E-state index contributed by atoms with van der Waals surface area (Å²) in [4.78, 5) is 12.8. The van der Waals surface area contributed by atoms with E-state index in [0.29, 0.717) is 30.0 Å². The maximum absolute atomic E-state index is 12.8. The average molecular weight is 360 g/mol. The van der Waals surface area contributed by atoms with Gasteiger partial charge in [-0.05, 0) is 45.2 Å². The van der Waals surface area contributed by atoms with E-state index in [1.807, 2.05) is 27.7 Å². The molecule has 26 heavy (non-hydrogen) atoms. The third-order valence-electron chi connectivity index (χ3n) is 4.38. The van der Waals surface area contributed by atoms with Crippen LogP contribution in [0, 0.1) is 11.3 Å². The number of unbranched alkanes of at least 4 members (excludes halogenated alkanes) is 1. The van der Waals surface area contributed by atoms with Crippen LogP contribution in [0.25, 0.3) is 0 Å². The lowest BCUT2D eigenvalue weighted by Gasteiger charge is -2.29. The highest BCUT2D eigenvalue weighted by atomic mass is 16.5. The Bertz CT molecular complexity index is 614. The minimum absolute atomic E-state index is 0.0711. The van der Waals surface area contributed by atoms with Crippen molar-refractivity contribution >= 4 is 11.6 Å². The molecule has 0 saturated carbocycles. The third kappa shape index (κ3) is 6.34. The quantitative estimate of drug-likeness (QED) is 0.599. The molecule has 0 unspecified atom stereocenters. The maximum Gasteiger partial charge on any atom is 0.256 e. The number of nitrogens with one attached hydrogen (secondary N) is 1. The highest BCUT2D eigenvalue weighted by molar-refractivity contribution is 5.98. The second-order valence-corrected chi connectivity index (χ2v) is 6.79. The molecule has 1 amide bonds. The first kappa shape index (κ1) is 22.0. The van der Waals surface area contributed by atoms with Gasteiger partial charge < -0.3 is 14.8 Å².